The Morgan fingerprint density at radius 1 is 1.14 bits per heavy atom. The second-order valence-corrected chi connectivity index (χ2v) is 6.42. The quantitative estimate of drug-likeness (QED) is 0.717. The van der Waals surface area contributed by atoms with E-state index in [1.54, 1.807) is 6.92 Å². The maximum absolute atomic E-state index is 11.7. The molecule has 6 nitrogen and oxygen atoms in total. The van der Waals surface area contributed by atoms with Crippen LogP contribution in [0.2, 0.25) is 0 Å². The van der Waals surface area contributed by atoms with E-state index in [9.17, 15) is 8.42 Å². The summed E-state index contributed by atoms with van der Waals surface area (Å²) in [7, 11) is 0.402. The molecule has 7 heteroatoms. The summed E-state index contributed by atoms with van der Waals surface area (Å²) in [6, 6.07) is 7.66. The summed E-state index contributed by atoms with van der Waals surface area (Å²) in [6.07, 6.45) is 0. The van der Waals surface area contributed by atoms with Crippen LogP contribution in [0.4, 0.5) is 0 Å². The monoisotopic (exact) mass is 315 g/mol. The lowest BCUT2D eigenvalue weighted by Gasteiger charge is -2.25. The van der Waals surface area contributed by atoms with Gasteiger partial charge in [-0.1, -0.05) is 19.1 Å². The lowest BCUT2D eigenvalue weighted by Crippen LogP contribution is -2.41. The molecule has 0 saturated carbocycles. The van der Waals surface area contributed by atoms with Crippen LogP contribution in [0.1, 0.15) is 25.5 Å². The minimum Gasteiger partial charge on any atom is -0.494 e. The second kappa shape index (κ2) is 8.33. The predicted octanol–water partition coefficient (Wildman–Crippen LogP) is 1.13. The molecular weight excluding hydrogens is 290 g/mol. The topological polar surface area (TPSA) is 70.7 Å². The highest BCUT2D eigenvalue weighted by Crippen LogP contribution is 2.21. The molecule has 1 rings (SSSR count). The third-order valence-corrected chi connectivity index (χ3v) is 4.22. The van der Waals surface area contributed by atoms with Crippen molar-refractivity contribution in [3.05, 3.63) is 29.8 Å². The molecule has 1 aromatic rings. The molecule has 120 valence electrons. The van der Waals surface area contributed by atoms with Crippen LogP contribution in [0.15, 0.2) is 24.3 Å². The molecule has 0 aliphatic heterocycles. The minimum atomic E-state index is -3.44. The van der Waals surface area contributed by atoms with E-state index in [-0.39, 0.29) is 6.04 Å². The summed E-state index contributed by atoms with van der Waals surface area (Å²) < 4.78 is 33.7. The fourth-order valence-electron chi connectivity index (χ4n) is 1.98. The summed E-state index contributed by atoms with van der Waals surface area (Å²) in [5.74, 6) is 0.812. The highest BCUT2D eigenvalue weighted by molar-refractivity contribution is 7.87. The Morgan fingerprint density at radius 2 is 1.76 bits per heavy atom. The van der Waals surface area contributed by atoms with Crippen LogP contribution in [0.3, 0.4) is 0 Å². The number of nitrogens with one attached hydrogen (secondary N) is 2. The van der Waals surface area contributed by atoms with Gasteiger partial charge in [-0.05, 0) is 38.7 Å². The average molecular weight is 315 g/mol. The van der Waals surface area contributed by atoms with E-state index in [0.29, 0.717) is 19.7 Å². The minimum absolute atomic E-state index is 0.0471. The van der Waals surface area contributed by atoms with E-state index in [4.69, 9.17) is 4.74 Å². The van der Waals surface area contributed by atoms with Crippen molar-refractivity contribution in [2.24, 2.45) is 0 Å². The number of hydrogen-bond acceptors (Lipinski definition) is 4. The van der Waals surface area contributed by atoms with Gasteiger partial charge in [0, 0.05) is 19.1 Å². The van der Waals surface area contributed by atoms with Gasteiger partial charge in [0.05, 0.1) is 6.61 Å². The summed E-state index contributed by atoms with van der Waals surface area (Å²) in [5, 5.41) is 0. The third-order valence-electron chi connectivity index (χ3n) is 3.00. The maximum Gasteiger partial charge on any atom is 0.276 e. The zero-order valence-electron chi connectivity index (χ0n) is 13.1. The Kier molecular flexibility index (Phi) is 7.10. The van der Waals surface area contributed by atoms with E-state index in [0.717, 1.165) is 11.3 Å². The van der Waals surface area contributed by atoms with Gasteiger partial charge >= 0.3 is 0 Å². The molecule has 0 radical (unpaired) electrons. The zero-order valence-corrected chi connectivity index (χ0v) is 13.9. The number of benzene rings is 1. The lowest BCUT2D eigenvalue weighted by atomic mass is 10.1. The van der Waals surface area contributed by atoms with Crippen LogP contribution in [0, 0.1) is 0 Å². The summed E-state index contributed by atoms with van der Waals surface area (Å²) in [5.41, 5.74) is 1.03. The number of nitrogens with zero attached hydrogens (tertiary/aromatic N) is 1. The Hall–Kier alpha value is -1.15. The van der Waals surface area contributed by atoms with E-state index >= 15 is 0 Å². The highest BCUT2D eigenvalue weighted by Gasteiger charge is 2.17. The number of ether oxygens (including phenoxy) is 1. The van der Waals surface area contributed by atoms with Crippen molar-refractivity contribution in [1.82, 2.24) is 14.3 Å². The van der Waals surface area contributed by atoms with Crippen molar-refractivity contribution in [3.63, 3.8) is 0 Å². The number of likely N-dealkylation sites (N-methyl/N-ethyl adjacent to an activating group) is 1. The Labute approximate surface area is 127 Å². The molecule has 0 bridgehead atoms. The standard InChI is InChI=1S/C14H25N3O3S/c1-5-15-21(18,19)16-11-14(17(3)4)12-7-9-13(10-8-12)20-6-2/h7-10,14-16H,5-6,11H2,1-4H3. The first-order valence-electron chi connectivity index (χ1n) is 7.03. The molecule has 2 N–H and O–H groups in total. The van der Waals surface area contributed by atoms with Crippen molar-refractivity contribution in [2.75, 3.05) is 33.8 Å². The van der Waals surface area contributed by atoms with Gasteiger partial charge in [-0.3, -0.25) is 0 Å². The molecule has 1 atom stereocenters. The molecule has 0 saturated heterocycles. The molecule has 0 aromatic heterocycles. The normalized spacial score (nSPS) is 13.4. The van der Waals surface area contributed by atoms with Gasteiger partial charge in [0.1, 0.15) is 5.75 Å². The van der Waals surface area contributed by atoms with Crippen LogP contribution in [-0.2, 0) is 10.2 Å². The van der Waals surface area contributed by atoms with Gasteiger partial charge in [-0.2, -0.15) is 8.42 Å². The first-order chi connectivity index (χ1) is 9.89. The first-order valence-corrected chi connectivity index (χ1v) is 8.51. The highest BCUT2D eigenvalue weighted by atomic mass is 32.2. The summed E-state index contributed by atoms with van der Waals surface area (Å²) in [6.45, 7) is 4.97. The molecule has 0 spiro atoms. The van der Waals surface area contributed by atoms with Gasteiger partial charge in [0.2, 0.25) is 0 Å². The van der Waals surface area contributed by atoms with E-state index in [1.807, 2.05) is 50.2 Å². The van der Waals surface area contributed by atoms with Crippen LogP contribution in [-0.4, -0.2) is 47.1 Å². The molecule has 21 heavy (non-hydrogen) atoms. The number of hydrogen-bond donors (Lipinski definition) is 2. The Balaban J connectivity index is 2.77. The first kappa shape index (κ1) is 17.9. The van der Waals surface area contributed by atoms with Crippen LogP contribution in [0.25, 0.3) is 0 Å². The molecule has 0 heterocycles. The van der Waals surface area contributed by atoms with Crippen LogP contribution >= 0.6 is 0 Å². The molecule has 0 fully saturated rings. The maximum atomic E-state index is 11.7. The molecule has 0 amide bonds. The lowest BCUT2D eigenvalue weighted by molar-refractivity contribution is 0.298. The molecule has 1 aromatic carbocycles. The number of rotatable bonds is 9. The van der Waals surface area contributed by atoms with Gasteiger partial charge in [0.25, 0.3) is 10.2 Å². The zero-order chi connectivity index (χ0) is 15.9. The fourth-order valence-corrected chi connectivity index (χ4v) is 2.84. The third kappa shape index (κ3) is 6.01. The van der Waals surface area contributed by atoms with E-state index < -0.39 is 10.2 Å². The molecular formula is C14H25N3O3S. The predicted molar refractivity (Wildman–Crippen MR) is 84.6 cm³/mol. The molecule has 0 aliphatic carbocycles. The van der Waals surface area contributed by atoms with Crippen molar-refractivity contribution in [2.45, 2.75) is 19.9 Å². The Morgan fingerprint density at radius 3 is 2.24 bits per heavy atom. The smallest absolute Gasteiger partial charge is 0.276 e. The summed E-state index contributed by atoms with van der Waals surface area (Å²) in [4.78, 5) is 1.98. The van der Waals surface area contributed by atoms with Crippen LogP contribution in [0.5, 0.6) is 5.75 Å². The van der Waals surface area contributed by atoms with Crippen molar-refractivity contribution >= 4 is 10.2 Å². The second-order valence-electron chi connectivity index (χ2n) is 4.83. The van der Waals surface area contributed by atoms with Crippen LogP contribution < -0.4 is 14.2 Å². The SMILES string of the molecule is CCNS(=O)(=O)NCC(c1ccc(OCC)cc1)N(C)C. The molecule has 1 unspecified atom stereocenters. The fraction of sp³-hybridized carbons (Fsp3) is 0.571. The van der Waals surface area contributed by atoms with Gasteiger partial charge in [-0.25, -0.2) is 9.44 Å². The van der Waals surface area contributed by atoms with Crippen molar-refractivity contribution in [1.29, 1.82) is 0 Å². The Bertz CT molecular complexity index is 515. The van der Waals surface area contributed by atoms with Crippen molar-refractivity contribution in [3.8, 4) is 5.75 Å². The summed E-state index contributed by atoms with van der Waals surface area (Å²) >= 11 is 0. The van der Waals surface area contributed by atoms with E-state index in [2.05, 4.69) is 9.44 Å². The largest absolute Gasteiger partial charge is 0.494 e. The van der Waals surface area contributed by atoms with Gasteiger partial charge in [0.15, 0.2) is 0 Å². The van der Waals surface area contributed by atoms with Crippen molar-refractivity contribution < 1.29 is 13.2 Å². The molecule has 0 aliphatic rings. The van der Waals surface area contributed by atoms with E-state index in [1.165, 1.54) is 0 Å². The average Bonchev–Trinajstić information content (AvgIpc) is 2.40. The van der Waals surface area contributed by atoms with Gasteiger partial charge in [-0.15, -0.1) is 0 Å². The van der Waals surface area contributed by atoms with Gasteiger partial charge < -0.3 is 9.64 Å².